The Labute approximate surface area is 116 Å². The smallest absolute Gasteiger partial charge is 0.292 e. The number of aromatic nitrogens is 1. The molecule has 7 heteroatoms. The van der Waals surface area contributed by atoms with E-state index in [2.05, 4.69) is 4.98 Å². The Morgan fingerprint density at radius 2 is 1.81 bits per heavy atom. The number of carbonyl (C=O) groups excluding carboxylic acids is 1. The first-order valence-electron chi connectivity index (χ1n) is 5.78. The standard InChI is InChI=1S/C14H8F5NO/c15-10-2-3-11(16)8(5-10)6-13(21)12-4-1-9(7-20-12)14(17,18)19/h1-5,7H,6H2. The third-order valence-electron chi connectivity index (χ3n) is 2.74. The van der Waals surface area contributed by atoms with Gasteiger partial charge in [-0.05, 0) is 35.9 Å². The maximum absolute atomic E-state index is 13.4. The molecule has 0 amide bonds. The molecule has 2 nitrogen and oxygen atoms in total. The van der Waals surface area contributed by atoms with Gasteiger partial charge in [-0.2, -0.15) is 13.2 Å². The molecule has 2 aromatic rings. The molecule has 0 saturated heterocycles. The van der Waals surface area contributed by atoms with E-state index < -0.39 is 35.6 Å². The molecule has 0 unspecified atom stereocenters. The van der Waals surface area contributed by atoms with Crippen molar-refractivity contribution in [1.29, 1.82) is 0 Å². The lowest BCUT2D eigenvalue weighted by molar-refractivity contribution is -0.137. The summed E-state index contributed by atoms with van der Waals surface area (Å²) in [5, 5.41) is 0. The highest BCUT2D eigenvalue weighted by molar-refractivity contribution is 5.95. The van der Waals surface area contributed by atoms with E-state index in [-0.39, 0.29) is 11.3 Å². The largest absolute Gasteiger partial charge is 0.417 e. The number of Topliss-reactive ketones (excluding diaryl/α,β-unsaturated/α-hetero) is 1. The fourth-order valence-electron chi connectivity index (χ4n) is 1.67. The first-order chi connectivity index (χ1) is 9.77. The second-order valence-electron chi connectivity index (χ2n) is 4.27. The Balaban J connectivity index is 2.19. The monoisotopic (exact) mass is 301 g/mol. The molecule has 0 N–H and O–H groups in total. The minimum absolute atomic E-state index is 0.179. The minimum atomic E-state index is -4.55. The molecule has 0 saturated carbocycles. The number of rotatable bonds is 3. The molecule has 0 aliphatic heterocycles. The van der Waals surface area contributed by atoms with Crippen LogP contribution in [-0.2, 0) is 12.6 Å². The van der Waals surface area contributed by atoms with Crippen LogP contribution in [-0.4, -0.2) is 10.8 Å². The van der Waals surface area contributed by atoms with Crippen LogP contribution in [0.15, 0.2) is 36.5 Å². The van der Waals surface area contributed by atoms with Crippen molar-refractivity contribution >= 4 is 5.78 Å². The number of alkyl halides is 3. The molecule has 1 aromatic heterocycles. The van der Waals surface area contributed by atoms with E-state index in [0.29, 0.717) is 12.3 Å². The van der Waals surface area contributed by atoms with Crippen molar-refractivity contribution in [2.24, 2.45) is 0 Å². The Bertz CT molecular complexity index is 664. The maximum Gasteiger partial charge on any atom is 0.417 e. The van der Waals surface area contributed by atoms with Gasteiger partial charge in [0.05, 0.1) is 5.56 Å². The second kappa shape index (κ2) is 5.59. The molecule has 0 atom stereocenters. The fourth-order valence-corrected chi connectivity index (χ4v) is 1.67. The predicted molar refractivity (Wildman–Crippen MR) is 63.6 cm³/mol. The molecule has 1 aromatic carbocycles. The molecule has 2 rings (SSSR count). The molecule has 1 heterocycles. The summed E-state index contributed by atoms with van der Waals surface area (Å²) in [7, 11) is 0. The number of hydrogen-bond donors (Lipinski definition) is 0. The van der Waals surface area contributed by atoms with Crippen molar-refractivity contribution in [3.63, 3.8) is 0 Å². The highest BCUT2D eigenvalue weighted by atomic mass is 19.4. The van der Waals surface area contributed by atoms with Gasteiger partial charge in [-0.25, -0.2) is 8.78 Å². The molecule has 0 radical (unpaired) electrons. The molecule has 0 aliphatic carbocycles. The lowest BCUT2D eigenvalue weighted by atomic mass is 10.1. The van der Waals surface area contributed by atoms with Crippen molar-refractivity contribution in [3.8, 4) is 0 Å². The average Bonchev–Trinajstić information content (AvgIpc) is 2.42. The van der Waals surface area contributed by atoms with Gasteiger partial charge < -0.3 is 0 Å². The Kier molecular flexibility index (Phi) is 4.02. The van der Waals surface area contributed by atoms with E-state index in [1.807, 2.05) is 0 Å². The van der Waals surface area contributed by atoms with Crippen molar-refractivity contribution in [2.75, 3.05) is 0 Å². The topological polar surface area (TPSA) is 30.0 Å². The van der Waals surface area contributed by atoms with Gasteiger partial charge in [0.15, 0.2) is 5.78 Å². The summed E-state index contributed by atoms with van der Waals surface area (Å²) in [6.45, 7) is 0. The highest BCUT2D eigenvalue weighted by Gasteiger charge is 2.30. The van der Waals surface area contributed by atoms with Crippen molar-refractivity contribution in [3.05, 3.63) is 65.0 Å². The van der Waals surface area contributed by atoms with E-state index in [1.54, 1.807) is 0 Å². The minimum Gasteiger partial charge on any atom is -0.292 e. The molecule has 0 aliphatic rings. The van der Waals surface area contributed by atoms with Crippen molar-refractivity contribution in [2.45, 2.75) is 12.6 Å². The average molecular weight is 301 g/mol. The number of ketones is 1. The summed E-state index contributed by atoms with van der Waals surface area (Å²) in [5.74, 6) is -2.18. The quantitative estimate of drug-likeness (QED) is 0.637. The van der Waals surface area contributed by atoms with Gasteiger partial charge in [-0.1, -0.05) is 0 Å². The van der Waals surface area contributed by atoms with E-state index >= 15 is 0 Å². The van der Waals surface area contributed by atoms with Gasteiger partial charge in [0.2, 0.25) is 0 Å². The van der Waals surface area contributed by atoms with Crippen LogP contribution in [0.3, 0.4) is 0 Å². The van der Waals surface area contributed by atoms with Gasteiger partial charge >= 0.3 is 6.18 Å². The molecule has 110 valence electrons. The zero-order chi connectivity index (χ0) is 15.6. The van der Waals surface area contributed by atoms with Gasteiger partial charge in [0, 0.05) is 12.6 Å². The number of hydrogen-bond acceptors (Lipinski definition) is 2. The van der Waals surface area contributed by atoms with E-state index in [9.17, 15) is 26.7 Å². The number of nitrogens with zero attached hydrogens (tertiary/aromatic N) is 1. The highest BCUT2D eigenvalue weighted by Crippen LogP contribution is 2.28. The lowest BCUT2D eigenvalue weighted by Gasteiger charge is -2.07. The fraction of sp³-hybridized carbons (Fsp3) is 0.143. The van der Waals surface area contributed by atoms with Crippen LogP contribution in [0.2, 0.25) is 0 Å². The SMILES string of the molecule is O=C(Cc1cc(F)ccc1F)c1ccc(C(F)(F)F)cn1. The number of carbonyl (C=O) groups is 1. The van der Waals surface area contributed by atoms with Crippen molar-refractivity contribution < 1.29 is 26.7 Å². The normalized spacial score (nSPS) is 11.5. The van der Waals surface area contributed by atoms with Gasteiger partial charge in [-0.15, -0.1) is 0 Å². The van der Waals surface area contributed by atoms with Crippen LogP contribution >= 0.6 is 0 Å². The summed E-state index contributed by atoms with van der Waals surface area (Å²) >= 11 is 0. The number of pyridine rings is 1. The molecule has 0 fully saturated rings. The van der Waals surface area contributed by atoms with Crippen LogP contribution in [0.5, 0.6) is 0 Å². The van der Waals surface area contributed by atoms with Crippen molar-refractivity contribution in [1.82, 2.24) is 4.98 Å². The first kappa shape index (κ1) is 15.1. The Morgan fingerprint density at radius 3 is 2.38 bits per heavy atom. The molecular weight excluding hydrogens is 293 g/mol. The lowest BCUT2D eigenvalue weighted by Crippen LogP contribution is -2.10. The summed E-state index contributed by atoms with van der Waals surface area (Å²) in [6.07, 6.45) is -4.51. The third-order valence-corrected chi connectivity index (χ3v) is 2.74. The van der Waals surface area contributed by atoms with Crippen LogP contribution in [0.25, 0.3) is 0 Å². The molecule has 21 heavy (non-hydrogen) atoms. The summed E-state index contributed by atoms with van der Waals surface area (Å²) < 4.78 is 63.4. The Hall–Kier alpha value is -2.31. The summed E-state index contributed by atoms with van der Waals surface area (Å²) in [6, 6.07) is 4.25. The number of benzene rings is 1. The molecular formula is C14H8F5NO. The summed E-state index contributed by atoms with van der Waals surface area (Å²) in [4.78, 5) is 15.2. The van der Waals surface area contributed by atoms with Gasteiger partial charge in [0.1, 0.15) is 17.3 Å². The van der Waals surface area contributed by atoms with E-state index in [0.717, 1.165) is 24.3 Å². The maximum atomic E-state index is 13.4. The van der Waals surface area contributed by atoms with Crippen LogP contribution in [0.1, 0.15) is 21.6 Å². The van der Waals surface area contributed by atoms with Crippen LogP contribution < -0.4 is 0 Å². The summed E-state index contributed by atoms with van der Waals surface area (Å²) in [5.41, 5.74) is -1.41. The third kappa shape index (κ3) is 3.62. The van der Waals surface area contributed by atoms with E-state index in [4.69, 9.17) is 0 Å². The van der Waals surface area contributed by atoms with Gasteiger partial charge in [0.25, 0.3) is 0 Å². The second-order valence-corrected chi connectivity index (χ2v) is 4.27. The van der Waals surface area contributed by atoms with Crippen LogP contribution in [0, 0.1) is 11.6 Å². The van der Waals surface area contributed by atoms with Crippen LogP contribution in [0.4, 0.5) is 22.0 Å². The molecule has 0 bridgehead atoms. The Morgan fingerprint density at radius 1 is 1.10 bits per heavy atom. The van der Waals surface area contributed by atoms with E-state index in [1.165, 1.54) is 0 Å². The number of halogens is 5. The first-order valence-corrected chi connectivity index (χ1v) is 5.78. The molecule has 0 spiro atoms. The zero-order valence-electron chi connectivity index (χ0n) is 10.4. The van der Waals surface area contributed by atoms with Gasteiger partial charge in [-0.3, -0.25) is 9.78 Å². The zero-order valence-corrected chi connectivity index (χ0v) is 10.4. The predicted octanol–water partition coefficient (Wildman–Crippen LogP) is 3.80.